The number of hydrogen-bond donors (Lipinski definition) is 0. The van der Waals surface area contributed by atoms with E-state index in [1.54, 1.807) is 0 Å². The topological polar surface area (TPSA) is 55.8 Å². The fourth-order valence-electron chi connectivity index (χ4n) is 5.87. The van der Waals surface area contributed by atoms with Crippen LogP contribution in [0.1, 0.15) is 85.6 Å². The van der Waals surface area contributed by atoms with Crippen LogP contribution in [0, 0.1) is 10.8 Å². The maximum atomic E-state index is 13.7. The fraction of sp³-hybridized carbons (Fsp3) is 0.586. The molecule has 4 rings (SSSR count). The number of hydrogen-bond acceptors (Lipinski definition) is 5. The molecule has 0 radical (unpaired) electrons. The number of halogens is 1. The molecule has 2 aliphatic carbocycles. The third-order valence-electron chi connectivity index (χ3n) is 7.20. The molecule has 0 bridgehead atoms. The van der Waals surface area contributed by atoms with Crippen molar-refractivity contribution in [1.29, 1.82) is 0 Å². The minimum Gasteiger partial charge on any atom is -0.490 e. The van der Waals surface area contributed by atoms with Crippen LogP contribution >= 0.6 is 15.9 Å². The van der Waals surface area contributed by atoms with Crippen molar-refractivity contribution in [3.8, 4) is 11.5 Å². The lowest BCUT2D eigenvalue weighted by molar-refractivity contribution is -0.119. The standard InChI is InChI=1S/C29H38BrNO4/c1-9-34-23-11-17(10-18(30)27(23)35-16(2)3)24-25-19(12-28(4,5)14-21(25)32)31(8)20-13-29(6,7)15-22(33)26(20)24/h10-11,16,24H,9,12-15H2,1-8H3. The molecule has 0 unspecified atom stereocenters. The number of Topliss-reactive ketones (excluding diaryl/α,β-unsaturated/α-hetero) is 2. The van der Waals surface area contributed by atoms with Crippen LogP contribution in [0.25, 0.3) is 0 Å². The average molecular weight is 545 g/mol. The Morgan fingerprint density at radius 1 is 0.971 bits per heavy atom. The van der Waals surface area contributed by atoms with E-state index in [1.165, 1.54) is 0 Å². The molecule has 6 heteroatoms. The van der Waals surface area contributed by atoms with E-state index in [0.29, 0.717) is 30.9 Å². The molecule has 0 fully saturated rings. The highest BCUT2D eigenvalue weighted by atomic mass is 79.9. The molecular weight excluding hydrogens is 506 g/mol. The monoisotopic (exact) mass is 543 g/mol. The predicted octanol–water partition coefficient (Wildman–Crippen LogP) is 6.95. The lowest BCUT2D eigenvalue weighted by Crippen LogP contribution is -2.43. The summed E-state index contributed by atoms with van der Waals surface area (Å²) in [6.45, 7) is 15.0. The van der Waals surface area contributed by atoms with Gasteiger partial charge >= 0.3 is 0 Å². The van der Waals surface area contributed by atoms with Crippen molar-refractivity contribution in [1.82, 2.24) is 4.90 Å². The van der Waals surface area contributed by atoms with Crippen LogP contribution < -0.4 is 9.47 Å². The van der Waals surface area contributed by atoms with Gasteiger partial charge in [0.2, 0.25) is 0 Å². The number of rotatable bonds is 5. The molecule has 1 aromatic carbocycles. The molecule has 1 aromatic rings. The van der Waals surface area contributed by atoms with E-state index in [2.05, 4.69) is 48.5 Å². The van der Waals surface area contributed by atoms with Gasteiger partial charge in [0.05, 0.1) is 17.2 Å². The summed E-state index contributed by atoms with van der Waals surface area (Å²) in [6.07, 6.45) is 2.55. The van der Waals surface area contributed by atoms with E-state index in [1.807, 2.05) is 40.0 Å². The maximum absolute atomic E-state index is 13.7. The van der Waals surface area contributed by atoms with Crippen molar-refractivity contribution in [3.63, 3.8) is 0 Å². The molecule has 0 saturated carbocycles. The van der Waals surface area contributed by atoms with Crippen LogP contribution in [0.2, 0.25) is 0 Å². The molecular formula is C29H38BrNO4. The lowest BCUT2D eigenvalue weighted by Gasteiger charge is -2.48. The number of ketones is 2. The van der Waals surface area contributed by atoms with Crippen molar-refractivity contribution < 1.29 is 19.1 Å². The summed E-state index contributed by atoms with van der Waals surface area (Å²) in [5, 5.41) is 0. The van der Waals surface area contributed by atoms with E-state index in [4.69, 9.17) is 9.47 Å². The molecule has 0 atom stereocenters. The highest BCUT2D eigenvalue weighted by Crippen LogP contribution is 2.55. The summed E-state index contributed by atoms with van der Waals surface area (Å²) in [4.78, 5) is 29.6. The summed E-state index contributed by atoms with van der Waals surface area (Å²) in [5.74, 6) is 1.14. The Morgan fingerprint density at radius 3 is 1.94 bits per heavy atom. The van der Waals surface area contributed by atoms with Crippen molar-refractivity contribution in [3.05, 3.63) is 44.7 Å². The molecule has 0 amide bonds. The van der Waals surface area contributed by atoms with Gasteiger partial charge in [-0.25, -0.2) is 0 Å². The molecule has 0 aromatic heterocycles. The van der Waals surface area contributed by atoms with E-state index >= 15 is 0 Å². The van der Waals surface area contributed by atoms with Crippen LogP contribution in [0.15, 0.2) is 39.1 Å². The Hall–Kier alpha value is -2.08. The second-order valence-electron chi connectivity index (χ2n) is 12.0. The Balaban J connectivity index is 1.97. The number of benzene rings is 1. The molecule has 5 nitrogen and oxygen atoms in total. The van der Waals surface area contributed by atoms with Gasteiger partial charge in [-0.3, -0.25) is 9.59 Å². The van der Waals surface area contributed by atoms with Gasteiger partial charge in [0.1, 0.15) is 0 Å². The zero-order chi connectivity index (χ0) is 25.9. The first-order valence-electron chi connectivity index (χ1n) is 12.6. The number of carbonyl (C=O) groups is 2. The van der Waals surface area contributed by atoms with E-state index in [9.17, 15) is 9.59 Å². The van der Waals surface area contributed by atoms with E-state index in [0.717, 1.165) is 45.4 Å². The summed E-state index contributed by atoms with van der Waals surface area (Å²) in [7, 11) is 2.03. The zero-order valence-corrected chi connectivity index (χ0v) is 23.9. The predicted molar refractivity (Wildman–Crippen MR) is 142 cm³/mol. The Morgan fingerprint density at radius 2 is 1.49 bits per heavy atom. The highest BCUT2D eigenvalue weighted by molar-refractivity contribution is 9.10. The number of ether oxygens (including phenoxy) is 2. The van der Waals surface area contributed by atoms with Gasteiger partial charge in [-0.15, -0.1) is 0 Å². The zero-order valence-electron chi connectivity index (χ0n) is 22.3. The number of nitrogens with zero attached hydrogens (tertiary/aromatic N) is 1. The van der Waals surface area contributed by atoms with Gasteiger partial charge in [0.25, 0.3) is 0 Å². The van der Waals surface area contributed by atoms with Crippen molar-refractivity contribution in [2.24, 2.45) is 10.8 Å². The molecule has 0 saturated heterocycles. The first kappa shape index (κ1) is 26.0. The second kappa shape index (κ2) is 9.10. The Labute approximate surface area is 218 Å². The Bertz CT molecular complexity index is 1090. The first-order chi connectivity index (χ1) is 16.2. The molecule has 0 spiro atoms. The quantitative estimate of drug-likeness (QED) is 0.402. The summed E-state index contributed by atoms with van der Waals surface area (Å²) >= 11 is 3.70. The van der Waals surface area contributed by atoms with Crippen LogP contribution in [0.3, 0.4) is 0 Å². The minimum atomic E-state index is -0.396. The number of allylic oxidation sites excluding steroid dienone is 4. The minimum absolute atomic E-state index is 0.0207. The molecule has 1 heterocycles. The summed E-state index contributed by atoms with van der Waals surface area (Å²) < 4.78 is 12.8. The second-order valence-corrected chi connectivity index (χ2v) is 12.9. The highest BCUT2D eigenvalue weighted by Gasteiger charge is 2.48. The summed E-state index contributed by atoms with van der Waals surface area (Å²) in [5.41, 5.74) is 4.30. The third kappa shape index (κ3) is 4.83. The van der Waals surface area contributed by atoms with Crippen molar-refractivity contribution >= 4 is 27.5 Å². The van der Waals surface area contributed by atoms with Gasteiger partial charge in [-0.05, 0) is 78.1 Å². The van der Waals surface area contributed by atoms with Gasteiger partial charge < -0.3 is 14.4 Å². The number of carbonyl (C=O) groups excluding carboxylic acids is 2. The van der Waals surface area contributed by atoms with Gasteiger partial charge in [-0.1, -0.05) is 27.7 Å². The van der Waals surface area contributed by atoms with Crippen LogP contribution in [0.5, 0.6) is 11.5 Å². The van der Waals surface area contributed by atoms with Crippen LogP contribution in [-0.4, -0.2) is 36.2 Å². The smallest absolute Gasteiger partial charge is 0.175 e. The molecule has 1 aliphatic heterocycles. The van der Waals surface area contributed by atoms with E-state index in [-0.39, 0.29) is 28.5 Å². The van der Waals surface area contributed by atoms with Gasteiger partial charge in [0, 0.05) is 48.3 Å². The molecule has 0 N–H and O–H groups in total. The van der Waals surface area contributed by atoms with Crippen molar-refractivity contribution in [2.75, 3.05) is 13.7 Å². The van der Waals surface area contributed by atoms with Crippen molar-refractivity contribution in [2.45, 2.75) is 86.2 Å². The molecule has 190 valence electrons. The maximum Gasteiger partial charge on any atom is 0.175 e. The normalized spacial score (nSPS) is 21.9. The fourth-order valence-corrected chi connectivity index (χ4v) is 6.42. The van der Waals surface area contributed by atoms with Gasteiger partial charge in [0.15, 0.2) is 23.1 Å². The lowest BCUT2D eigenvalue weighted by atomic mass is 9.64. The Kier molecular flexibility index (Phi) is 6.76. The summed E-state index contributed by atoms with van der Waals surface area (Å²) in [6, 6.07) is 3.97. The molecule has 3 aliphatic rings. The van der Waals surface area contributed by atoms with Crippen LogP contribution in [-0.2, 0) is 9.59 Å². The largest absolute Gasteiger partial charge is 0.490 e. The third-order valence-corrected chi connectivity index (χ3v) is 7.79. The van der Waals surface area contributed by atoms with Crippen LogP contribution in [0.4, 0.5) is 0 Å². The average Bonchev–Trinajstić information content (AvgIpc) is 2.70. The molecule has 35 heavy (non-hydrogen) atoms. The van der Waals surface area contributed by atoms with E-state index < -0.39 is 5.92 Å². The SMILES string of the molecule is CCOc1cc(C2C3=C(CC(C)(C)CC3=O)N(C)C3=C2C(=O)CC(C)(C)C3)cc(Br)c1OC(C)C. The first-order valence-corrected chi connectivity index (χ1v) is 13.4. The van der Waals surface area contributed by atoms with Gasteiger partial charge in [-0.2, -0.15) is 0 Å².